The molecule has 0 aromatic heterocycles. The van der Waals surface area contributed by atoms with Gasteiger partial charge in [-0.15, -0.1) is 6.58 Å². The molecular weight excluding hydrogens is 204 g/mol. The second kappa shape index (κ2) is 4.94. The lowest BCUT2D eigenvalue weighted by atomic mass is 10.00. The molecule has 0 aliphatic carbocycles. The SMILES string of the molecule is C=CC(C(=O)OCC1CO1)c1ccccc1. The predicted molar refractivity (Wildman–Crippen MR) is 60.1 cm³/mol. The summed E-state index contributed by atoms with van der Waals surface area (Å²) in [5.41, 5.74) is 0.902. The van der Waals surface area contributed by atoms with Gasteiger partial charge in [-0.05, 0) is 5.56 Å². The van der Waals surface area contributed by atoms with E-state index in [1.807, 2.05) is 30.3 Å². The van der Waals surface area contributed by atoms with Crippen LogP contribution in [0.3, 0.4) is 0 Å². The van der Waals surface area contributed by atoms with Gasteiger partial charge in [0.15, 0.2) is 0 Å². The minimum absolute atomic E-state index is 0.102. The average Bonchev–Trinajstić information content (AvgIpc) is 3.13. The van der Waals surface area contributed by atoms with E-state index in [2.05, 4.69) is 6.58 Å². The molecule has 1 saturated heterocycles. The summed E-state index contributed by atoms with van der Waals surface area (Å²) >= 11 is 0. The van der Waals surface area contributed by atoms with Crippen molar-refractivity contribution in [3.8, 4) is 0 Å². The van der Waals surface area contributed by atoms with E-state index in [0.717, 1.165) is 5.56 Å². The molecule has 2 atom stereocenters. The largest absolute Gasteiger partial charge is 0.462 e. The summed E-state index contributed by atoms with van der Waals surface area (Å²) in [7, 11) is 0. The van der Waals surface area contributed by atoms with Gasteiger partial charge in [0, 0.05) is 0 Å². The van der Waals surface area contributed by atoms with Gasteiger partial charge in [-0.3, -0.25) is 4.79 Å². The van der Waals surface area contributed by atoms with Crippen LogP contribution in [0.2, 0.25) is 0 Å². The Morgan fingerprint density at radius 3 is 2.81 bits per heavy atom. The first-order valence-electron chi connectivity index (χ1n) is 5.27. The Morgan fingerprint density at radius 1 is 1.56 bits per heavy atom. The highest BCUT2D eigenvalue weighted by molar-refractivity contribution is 5.80. The first kappa shape index (κ1) is 10.9. The van der Waals surface area contributed by atoms with Gasteiger partial charge in [-0.1, -0.05) is 36.4 Å². The molecule has 0 radical (unpaired) electrons. The normalized spacial score (nSPS) is 19.9. The highest BCUT2D eigenvalue weighted by Crippen LogP contribution is 2.19. The number of rotatable bonds is 5. The van der Waals surface area contributed by atoms with E-state index in [-0.39, 0.29) is 18.0 Å². The second-order valence-electron chi connectivity index (χ2n) is 3.71. The third-order valence-corrected chi connectivity index (χ3v) is 2.46. The van der Waals surface area contributed by atoms with Crippen molar-refractivity contribution >= 4 is 5.97 Å². The van der Waals surface area contributed by atoms with Crippen molar-refractivity contribution < 1.29 is 14.3 Å². The zero-order valence-corrected chi connectivity index (χ0v) is 8.96. The lowest BCUT2D eigenvalue weighted by Gasteiger charge is -2.11. The van der Waals surface area contributed by atoms with Gasteiger partial charge in [-0.2, -0.15) is 0 Å². The molecule has 3 nitrogen and oxygen atoms in total. The Labute approximate surface area is 94.7 Å². The van der Waals surface area contributed by atoms with Crippen LogP contribution in [0.25, 0.3) is 0 Å². The van der Waals surface area contributed by atoms with Crippen molar-refractivity contribution in [1.29, 1.82) is 0 Å². The number of epoxide rings is 1. The van der Waals surface area contributed by atoms with Crippen molar-refractivity contribution in [2.24, 2.45) is 0 Å². The Balaban J connectivity index is 1.97. The van der Waals surface area contributed by atoms with Crippen LogP contribution in [-0.4, -0.2) is 25.3 Å². The molecule has 1 heterocycles. The zero-order chi connectivity index (χ0) is 11.4. The number of esters is 1. The van der Waals surface area contributed by atoms with Crippen LogP contribution in [0.5, 0.6) is 0 Å². The molecular formula is C13H14O3. The van der Waals surface area contributed by atoms with Gasteiger partial charge in [0.05, 0.1) is 12.5 Å². The average molecular weight is 218 g/mol. The molecule has 0 spiro atoms. The smallest absolute Gasteiger partial charge is 0.317 e. The maximum absolute atomic E-state index is 11.8. The zero-order valence-electron chi connectivity index (χ0n) is 8.96. The maximum Gasteiger partial charge on any atom is 0.317 e. The molecule has 0 saturated carbocycles. The molecule has 0 N–H and O–H groups in total. The van der Waals surface area contributed by atoms with Crippen LogP contribution in [0.15, 0.2) is 43.0 Å². The fourth-order valence-electron chi connectivity index (χ4n) is 1.46. The summed E-state index contributed by atoms with van der Waals surface area (Å²) in [6, 6.07) is 9.47. The van der Waals surface area contributed by atoms with E-state index < -0.39 is 0 Å². The van der Waals surface area contributed by atoms with Crippen molar-refractivity contribution in [3.63, 3.8) is 0 Å². The lowest BCUT2D eigenvalue weighted by molar-refractivity contribution is -0.144. The first-order chi connectivity index (χ1) is 7.81. The van der Waals surface area contributed by atoms with Gasteiger partial charge in [0.25, 0.3) is 0 Å². The van der Waals surface area contributed by atoms with Gasteiger partial charge in [-0.25, -0.2) is 0 Å². The molecule has 1 aromatic rings. The number of hydrogen-bond donors (Lipinski definition) is 0. The molecule has 0 amide bonds. The Hall–Kier alpha value is -1.61. The molecule has 1 aromatic carbocycles. The summed E-state index contributed by atoms with van der Waals surface area (Å²) < 4.78 is 10.1. The fraction of sp³-hybridized carbons (Fsp3) is 0.308. The maximum atomic E-state index is 11.8. The molecule has 1 aliphatic heterocycles. The Kier molecular flexibility index (Phi) is 3.37. The van der Waals surface area contributed by atoms with Crippen LogP contribution >= 0.6 is 0 Å². The summed E-state index contributed by atoms with van der Waals surface area (Å²) in [6.07, 6.45) is 1.70. The van der Waals surface area contributed by atoms with Gasteiger partial charge in [0.1, 0.15) is 12.7 Å². The van der Waals surface area contributed by atoms with Crippen molar-refractivity contribution in [1.82, 2.24) is 0 Å². The molecule has 0 bridgehead atoms. The molecule has 2 rings (SSSR count). The van der Waals surface area contributed by atoms with E-state index in [4.69, 9.17) is 9.47 Å². The van der Waals surface area contributed by atoms with Crippen LogP contribution in [-0.2, 0) is 14.3 Å². The van der Waals surface area contributed by atoms with Crippen molar-refractivity contribution in [2.75, 3.05) is 13.2 Å². The molecule has 3 heteroatoms. The van der Waals surface area contributed by atoms with Crippen LogP contribution < -0.4 is 0 Å². The predicted octanol–water partition coefficient (Wildman–Crippen LogP) is 1.90. The fourth-order valence-corrected chi connectivity index (χ4v) is 1.46. The third kappa shape index (κ3) is 2.70. The van der Waals surface area contributed by atoms with Gasteiger partial charge >= 0.3 is 5.97 Å². The second-order valence-corrected chi connectivity index (χ2v) is 3.71. The summed E-state index contributed by atoms with van der Waals surface area (Å²) in [5.74, 6) is -0.656. The van der Waals surface area contributed by atoms with Crippen molar-refractivity contribution in [2.45, 2.75) is 12.0 Å². The molecule has 16 heavy (non-hydrogen) atoms. The lowest BCUT2D eigenvalue weighted by Crippen LogP contribution is -2.16. The Bertz CT molecular complexity index is 368. The van der Waals surface area contributed by atoms with Gasteiger partial charge in [0.2, 0.25) is 0 Å². The number of carbonyl (C=O) groups excluding carboxylic acids is 1. The van der Waals surface area contributed by atoms with E-state index in [1.165, 1.54) is 0 Å². The minimum Gasteiger partial charge on any atom is -0.462 e. The van der Waals surface area contributed by atoms with E-state index in [1.54, 1.807) is 6.08 Å². The van der Waals surface area contributed by atoms with E-state index in [0.29, 0.717) is 13.2 Å². The third-order valence-electron chi connectivity index (χ3n) is 2.46. The highest BCUT2D eigenvalue weighted by Gasteiger charge is 2.26. The molecule has 84 valence electrons. The Morgan fingerprint density at radius 2 is 2.25 bits per heavy atom. The number of hydrogen-bond acceptors (Lipinski definition) is 3. The van der Waals surface area contributed by atoms with E-state index >= 15 is 0 Å². The summed E-state index contributed by atoms with van der Waals surface area (Å²) in [6.45, 7) is 4.70. The quantitative estimate of drug-likeness (QED) is 0.430. The highest BCUT2D eigenvalue weighted by atomic mass is 16.6. The minimum atomic E-state index is -0.389. The first-order valence-corrected chi connectivity index (χ1v) is 5.27. The van der Waals surface area contributed by atoms with Crippen molar-refractivity contribution in [3.05, 3.63) is 48.6 Å². The van der Waals surface area contributed by atoms with Gasteiger partial charge < -0.3 is 9.47 Å². The molecule has 1 aliphatic rings. The summed E-state index contributed by atoms with van der Waals surface area (Å²) in [5, 5.41) is 0. The number of carbonyl (C=O) groups is 1. The van der Waals surface area contributed by atoms with Crippen LogP contribution in [0.4, 0.5) is 0 Å². The summed E-state index contributed by atoms with van der Waals surface area (Å²) in [4.78, 5) is 11.8. The van der Waals surface area contributed by atoms with Crippen LogP contribution in [0, 0.1) is 0 Å². The molecule has 2 unspecified atom stereocenters. The van der Waals surface area contributed by atoms with E-state index in [9.17, 15) is 4.79 Å². The number of ether oxygens (including phenoxy) is 2. The standard InChI is InChI=1S/C13H14O3/c1-2-12(10-6-4-3-5-7-10)13(14)16-9-11-8-15-11/h2-7,11-12H,1,8-9H2. The van der Waals surface area contributed by atoms with Crippen LogP contribution in [0.1, 0.15) is 11.5 Å². The monoisotopic (exact) mass is 218 g/mol. The number of benzene rings is 1. The molecule has 1 fully saturated rings. The topological polar surface area (TPSA) is 38.8 Å².